The first-order valence-corrected chi connectivity index (χ1v) is 6.44. The van der Waals surface area contributed by atoms with Gasteiger partial charge in [0.15, 0.2) is 0 Å². The van der Waals surface area contributed by atoms with Crippen LogP contribution >= 0.6 is 0 Å². The van der Waals surface area contributed by atoms with E-state index in [4.69, 9.17) is 10.5 Å². The van der Waals surface area contributed by atoms with Crippen molar-refractivity contribution in [3.63, 3.8) is 0 Å². The predicted octanol–water partition coefficient (Wildman–Crippen LogP) is 2.53. The van der Waals surface area contributed by atoms with Gasteiger partial charge in [-0.2, -0.15) is 5.10 Å². The van der Waals surface area contributed by atoms with Crippen molar-refractivity contribution >= 4 is 10.8 Å². The van der Waals surface area contributed by atoms with Crippen LogP contribution in [0.3, 0.4) is 0 Å². The summed E-state index contributed by atoms with van der Waals surface area (Å²) < 4.78 is 7.61. The number of rotatable bonds is 3. The van der Waals surface area contributed by atoms with Gasteiger partial charge in [-0.15, -0.1) is 0 Å². The Kier molecular flexibility index (Phi) is 3.12. The lowest BCUT2D eigenvalue weighted by atomic mass is 10.1. The molecule has 0 saturated carbocycles. The largest absolute Gasteiger partial charge is 0.420 e. The third-order valence-electron chi connectivity index (χ3n) is 3.13. The fraction of sp³-hybridized carbons (Fsp3) is 0.200. The highest BCUT2D eigenvalue weighted by molar-refractivity contribution is 5.87. The number of aromatic nitrogens is 3. The summed E-state index contributed by atoms with van der Waals surface area (Å²) >= 11 is 0. The molecule has 1 aromatic carbocycles. The summed E-state index contributed by atoms with van der Waals surface area (Å²) in [4.78, 5) is 4.48. The molecule has 5 nitrogen and oxygen atoms in total. The molecule has 3 rings (SSSR count). The third-order valence-corrected chi connectivity index (χ3v) is 3.13. The molecule has 2 heterocycles. The van der Waals surface area contributed by atoms with Crippen LogP contribution in [0, 0.1) is 6.92 Å². The molecule has 0 amide bonds. The molecule has 20 heavy (non-hydrogen) atoms. The van der Waals surface area contributed by atoms with Crippen LogP contribution in [0.4, 0.5) is 0 Å². The molecule has 0 aliphatic heterocycles. The number of benzene rings is 1. The van der Waals surface area contributed by atoms with Crippen LogP contribution in [0.15, 0.2) is 36.4 Å². The van der Waals surface area contributed by atoms with Crippen molar-refractivity contribution in [3.8, 4) is 11.8 Å². The van der Waals surface area contributed by atoms with E-state index < -0.39 is 0 Å². The monoisotopic (exact) mass is 268 g/mol. The second kappa shape index (κ2) is 4.94. The molecule has 0 unspecified atom stereocenters. The second-order valence-corrected chi connectivity index (χ2v) is 4.69. The van der Waals surface area contributed by atoms with Gasteiger partial charge in [0.25, 0.3) is 0 Å². The second-order valence-electron chi connectivity index (χ2n) is 4.69. The Morgan fingerprint density at radius 3 is 2.75 bits per heavy atom. The lowest BCUT2D eigenvalue weighted by Crippen LogP contribution is -2.02. The molecule has 0 radical (unpaired) electrons. The first-order chi connectivity index (χ1) is 9.67. The zero-order valence-electron chi connectivity index (χ0n) is 11.5. The first kappa shape index (κ1) is 12.6. The molecule has 102 valence electrons. The van der Waals surface area contributed by atoms with Crippen molar-refractivity contribution in [2.45, 2.75) is 13.5 Å². The Hall–Kier alpha value is -2.40. The molecule has 0 aliphatic carbocycles. The molecule has 0 spiro atoms. The number of nitrogens with zero attached hydrogens (tertiary/aromatic N) is 3. The quantitative estimate of drug-likeness (QED) is 0.792. The summed E-state index contributed by atoms with van der Waals surface area (Å²) in [5.41, 5.74) is 7.41. The Morgan fingerprint density at radius 2 is 2.05 bits per heavy atom. The number of hydrogen-bond donors (Lipinski definition) is 1. The number of nitrogens with two attached hydrogens (primary N) is 1. The van der Waals surface area contributed by atoms with Crippen molar-refractivity contribution in [3.05, 3.63) is 47.8 Å². The van der Waals surface area contributed by atoms with Gasteiger partial charge in [-0.1, -0.05) is 18.2 Å². The van der Waals surface area contributed by atoms with Crippen LogP contribution in [0.2, 0.25) is 0 Å². The van der Waals surface area contributed by atoms with Crippen molar-refractivity contribution in [1.82, 2.24) is 14.8 Å². The number of aryl methyl sites for hydroxylation is 2. The maximum atomic E-state index is 5.92. The van der Waals surface area contributed by atoms with Gasteiger partial charge in [-0.25, -0.2) is 9.67 Å². The molecule has 0 saturated heterocycles. The fourth-order valence-electron chi connectivity index (χ4n) is 2.18. The summed E-state index contributed by atoms with van der Waals surface area (Å²) in [6, 6.07) is 11.8. The van der Waals surface area contributed by atoms with Gasteiger partial charge >= 0.3 is 0 Å². The van der Waals surface area contributed by atoms with E-state index in [1.54, 1.807) is 4.68 Å². The standard InChI is InChI=1S/C15H16N4O/c1-10-7-14(19(2)18-10)20-15-13-6-4-3-5-11(13)8-12(9-16)17-15/h3-8H,9,16H2,1-2H3. The van der Waals surface area contributed by atoms with Gasteiger partial charge in [0.2, 0.25) is 11.8 Å². The minimum absolute atomic E-state index is 0.381. The lowest BCUT2D eigenvalue weighted by Gasteiger charge is -2.09. The number of pyridine rings is 1. The molecule has 2 aromatic heterocycles. The van der Waals surface area contributed by atoms with Gasteiger partial charge in [0, 0.05) is 25.0 Å². The van der Waals surface area contributed by atoms with Crippen LogP contribution in [-0.2, 0) is 13.6 Å². The zero-order chi connectivity index (χ0) is 14.1. The molecule has 0 atom stereocenters. The van der Waals surface area contributed by atoms with E-state index in [9.17, 15) is 0 Å². The molecule has 0 fully saturated rings. The Balaban J connectivity index is 2.12. The number of fused-ring (bicyclic) bond motifs is 1. The maximum Gasteiger partial charge on any atom is 0.229 e. The summed E-state index contributed by atoms with van der Waals surface area (Å²) in [5, 5.41) is 6.30. The highest BCUT2D eigenvalue weighted by Crippen LogP contribution is 2.28. The van der Waals surface area contributed by atoms with Crippen LogP contribution in [-0.4, -0.2) is 14.8 Å². The summed E-state index contributed by atoms with van der Waals surface area (Å²) in [6.07, 6.45) is 0. The predicted molar refractivity (Wildman–Crippen MR) is 77.7 cm³/mol. The average Bonchev–Trinajstić information content (AvgIpc) is 2.76. The van der Waals surface area contributed by atoms with Crippen molar-refractivity contribution in [2.75, 3.05) is 0 Å². The van der Waals surface area contributed by atoms with Gasteiger partial charge < -0.3 is 10.5 Å². The van der Waals surface area contributed by atoms with Gasteiger partial charge in [-0.05, 0) is 24.4 Å². The Morgan fingerprint density at radius 1 is 1.25 bits per heavy atom. The molecular weight excluding hydrogens is 252 g/mol. The molecule has 5 heteroatoms. The Bertz CT molecular complexity index is 764. The lowest BCUT2D eigenvalue weighted by molar-refractivity contribution is 0.419. The Labute approximate surface area is 117 Å². The minimum Gasteiger partial charge on any atom is -0.420 e. The number of hydrogen-bond acceptors (Lipinski definition) is 4. The third kappa shape index (κ3) is 2.23. The van der Waals surface area contributed by atoms with E-state index in [0.717, 1.165) is 22.2 Å². The highest BCUT2D eigenvalue weighted by atomic mass is 16.5. The van der Waals surface area contributed by atoms with E-state index in [1.807, 2.05) is 50.4 Å². The van der Waals surface area contributed by atoms with Gasteiger partial charge in [0.1, 0.15) is 0 Å². The van der Waals surface area contributed by atoms with Crippen molar-refractivity contribution in [2.24, 2.45) is 12.8 Å². The molecule has 0 aliphatic rings. The minimum atomic E-state index is 0.381. The highest BCUT2D eigenvalue weighted by Gasteiger charge is 2.10. The van der Waals surface area contributed by atoms with Crippen LogP contribution in [0.1, 0.15) is 11.4 Å². The zero-order valence-corrected chi connectivity index (χ0v) is 11.5. The van der Waals surface area contributed by atoms with E-state index in [-0.39, 0.29) is 0 Å². The summed E-state index contributed by atoms with van der Waals surface area (Å²) in [7, 11) is 1.84. The smallest absolute Gasteiger partial charge is 0.229 e. The molecule has 3 aromatic rings. The fourth-order valence-corrected chi connectivity index (χ4v) is 2.18. The van der Waals surface area contributed by atoms with E-state index in [0.29, 0.717) is 18.3 Å². The summed E-state index contributed by atoms with van der Waals surface area (Å²) in [6.45, 7) is 2.31. The van der Waals surface area contributed by atoms with Crippen molar-refractivity contribution in [1.29, 1.82) is 0 Å². The summed E-state index contributed by atoms with van der Waals surface area (Å²) in [5.74, 6) is 1.22. The van der Waals surface area contributed by atoms with Crippen LogP contribution in [0.25, 0.3) is 10.8 Å². The van der Waals surface area contributed by atoms with Crippen LogP contribution < -0.4 is 10.5 Å². The normalized spacial score (nSPS) is 10.9. The number of ether oxygens (including phenoxy) is 1. The SMILES string of the molecule is Cc1cc(Oc2nc(CN)cc3ccccc23)n(C)n1. The average molecular weight is 268 g/mol. The van der Waals surface area contributed by atoms with Crippen molar-refractivity contribution < 1.29 is 4.74 Å². The first-order valence-electron chi connectivity index (χ1n) is 6.44. The van der Waals surface area contributed by atoms with Gasteiger partial charge in [-0.3, -0.25) is 0 Å². The molecule has 2 N–H and O–H groups in total. The van der Waals surface area contributed by atoms with Crippen LogP contribution in [0.5, 0.6) is 11.8 Å². The molecular formula is C15H16N4O. The van der Waals surface area contributed by atoms with E-state index in [2.05, 4.69) is 10.1 Å². The molecule has 0 bridgehead atoms. The van der Waals surface area contributed by atoms with E-state index in [1.165, 1.54) is 0 Å². The van der Waals surface area contributed by atoms with E-state index >= 15 is 0 Å². The van der Waals surface area contributed by atoms with Gasteiger partial charge in [0.05, 0.1) is 11.4 Å². The topological polar surface area (TPSA) is 66.0 Å². The maximum absolute atomic E-state index is 5.92.